The van der Waals surface area contributed by atoms with Crippen molar-refractivity contribution < 1.29 is 13.6 Å². The summed E-state index contributed by atoms with van der Waals surface area (Å²) in [5.74, 6) is -1.88. The summed E-state index contributed by atoms with van der Waals surface area (Å²) >= 11 is 1.27. The summed E-state index contributed by atoms with van der Waals surface area (Å²) in [5, 5.41) is 4.98. The molecule has 1 atom stereocenters. The molecule has 0 saturated heterocycles. The third-order valence-electron chi connectivity index (χ3n) is 3.59. The highest BCUT2D eigenvalue weighted by atomic mass is 32.1. The normalized spacial score (nSPS) is 17.5. The van der Waals surface area contributed by atoms with E-state index in [0.29, 0.717) is 16.4 Å². The first kappa shape index (κ1) is 14.8. The SMILES string of the molecule is O=C(Nc1nc(-c2ccc(F)c(F)c2)cs1)C1CC=CCC1. The zero-order valence-electron chi connectivity index (χ0n) is 11.7. The maximum atomic E-state index is 13.2. The van der Waals surface area contributed by atoms with E-state index in [1.165, 1.54) is 17.4 Å². The molecule has 1 aromatic heterocycles. The molecule has 0 radical (unpaired) electrons. The quantitative estimate of drug-likeness (QED) is 0.853. The number of carbonyl (C=O) groups excluding carboxylic acids is 1. The van der Waals surface area contributed by atoms with Crippen LogP contribution in [0.1, 0.15) is 19.3 Å². The van der Waals surface area contributed by atoms with Gasteiger partial charge in [-0.3, -0.25) is 4.79 Å². The fourth-order valence-electron chi connectivity index (χ4n) is 2.36. The number of hydrogen-bond acceptors (Lipinski definition) is 3. The number of nitrogens with one attached hydrogen (secondary N) is 1. The molecule has 0 bridgehead atoms. The van der Waals surface area contributed by atoms with Crippen LogP contribution in [0.25, 0.3) is 11.3 Å². The van der Waals surface area contributed by atoms with Crippen LogP contribution in [0.5, 0.6) is 0 Å². The monoisotopic (exact) mass is 320 g/mol. The molecule has 22 heavy (non-hydrogen) atoms. The van der Waals surface area contributed by atoms with E-state index in [2.05, 4.69) is 16.4 Å². The molecule has 114 valence electrons. The molecule has 2 aromatic rings. The Labute approximate surface area is 130 Å². The molecule has 1 aliphatic rings. The molecule has 0 aliphatic heterocycles. The summed E-state index contributed by atoms with van der Waals surface area (Å²) in [6, 6.07) is 3.63. The van der Waals surface area contributed by atoms with Crippen molar-refractivity contribution >= 4 is 22.4 Å². The number of hydrogen-bond donors (Lipinski definition) is 1. The molecule has 1 heterocycles. The van der Waals surface area contributed by atoms with Gasteiger partial charge in [-0.15, -0.1) is 11.3 Å². The van der Waals surface area contributed by atoms with E-state index in [9.17, 15) is 13.6 Å². The minimum atomic E-state index is -0.912. The fourth-order valence-corrected chi connectivity index (χ4v) is 3.08. The number of nitrogens with zero attached hydrogens (tertiary/aromatic N) is 1. The highest BCUT2D eigenvalue weighted by Crippen LogP contribution is 2.27. The predicted octanol–water partition coefficient (Wildman–Crippen LogP) is 4.38. The van der Waals surface area contributed by atoms with Gasteiger partial charge in [0.05, 0.1) is 5.69 Å². The Morgan fingerprint density at radius 3 is 2.86 bits per heavy atom. The van der Waals surface area contributed by atoms with Crippen LogP contribution in [-0.2, 0) is 4.79 Å². The Kier molecular flexibility index (Phi) is 4.29. The van der Waals surface area contributed by atoms with Crippen LogP contribution >= 0.6 is 11.3 Å². The first-order chi connectivity index (χ1) is 10.6. The number of carbonyl (C=O) groups is 1. The smallest absolute Gasteiger partial charge is 0.229 e. The maximum Gasteiger partial charge on any atom is 0.229 e. The van der Waals surface area contributed by atoms with Gasteiger partial charge in [-0.05, 0) is 37.5 Å². The van der Waals surface area contributed by atoms with Gasteiger partial charge in [0.1, 0.15) is 0 Å². The molecule has 3 nitrogen and oxygen atoms in total. The van der Waals surface area contributed by atoms with Crippen molar-refractivity contribution in [2.24, 2.45) is 5.92 Å². The van der Waals surface area contributed by atoms with Crippen LogP contribution in [-0.4, -0.2) is 10.9 Å². The second kappa shape index (κ2) is 6.36. The van der Waals surface area contributed by atoms with Gasteiger partial charge >= 0.3 is 0 Å². The standard InChI is InChI=1S/C16H14F2N2OS/c17-12-7-6-11(8-13(12)18)14-9-22-16(19-14)20-15(21)10-4-2-1-3-5-10/h1-2,6-10H,3-5H2,(H,19,20,21). The Bertz CT molecular complexity index is 727. The zero-order chi connectivity index (χ0) is 15.5. The van der Waals surface area contributed by atoms with Crippen LogP contribution in [0.2, 0.25) is 0 Å². The molecule has 0 saturated carbocycles. The summed E-state index contributed by atoms with van der Waals surface area (Å²) in [7, 11) is 0. The lowest BCUT2D eigenvalue weighted by Gasteiger charge is -2.15. The molecule has 6 heteroatoms. The summed E-state index contributed by atoms with van der Waals surface area (Å²) in [4.78, 5) is 16.4. The first-order valence-corrected chi connectivity index (χ1v) is 7.88. The topological polar surface area (TPSA) is 42.0 Å². The first-order valence-electron chi connectivity index (χ1n) is 7.00. The van der Waals surface area contributed by atoms with Crippen molar-refractivity contribution in [2.75, 3.05) is 5.32 Å². The third-order valence-corrected chi connectivity index (χ3v) is 4.35. The number of thiazole rings is 1. The van der Waals surface area contributed by atoms with Crippen molar-refractivity contribution in [1.29, 1.82) is 0 Å². The Morgan fingerprint density at radius 1 is 1.27 bits per heavy atom. The summed E-state index contributed by atoms with van der Waals surface area (Å²) in [5.41, 5.74) is 0.999. The van der Waals surface area contributed by atoms with E-state index in [1.807, 2.05) is 6.08 Å². The van der Waals surface area contributed by atoms with Crippen molar-refractivity contribution in [2.45, 2.75) is 19.3 Å². The van der Waals surface area contributed by atoms with E-state index in [1.54, 1.807) is 5.38 Å². The van der Waals surface area contributed by atoms with Crippen LogP contribution in [0.4, 0.5) is 13.9 Å². The molecule has 0 fully saturated rings. The molecule has 1 aromatic carbocycles. The Hall–Kier alpha value is -2.08. The van der Waals surface area contributed by atoms with Crippen LogP contribution in [0, 0.1) is 17.6 Å². The van der Waals surface area contributed by atoms with Crippen LogP contribution in [0.15, 0.2) is 35.7 Å². The molecule has 1 N–H and O–H groups in total. The van der Waals surface area contributed by atoms with Gasteiger partial charge in [0.15, 0.2) is 16.8 Å². The minimum absolute atomic E-state index is 0.0272. The molecule has 0 spiro atoms. The zero-order valence-corrected chi connectivity index (χ0v) is 12.5. The molecule has 1 unspecified atom stereocenters. The number of anilines is 1. The molecule has 3 rings (SSSR count). The lowest BCUT2D eigenvalue weighted by atomic mass is 9.94. The minimum Gasteiger partial charge on any atom is -0.302 e. The number of halogens is 2. The number of rotatable bonds is 3. The highest BCUT2D eigenvalue weighted by molar-refractivity contribution is 7.14. The van der Waals surface area contributed by atoms with E-state index in [0.717, 1.165) is 31.4 Å². The van der Waals surface area contributed by atoms with Gasteiger partial charge in [-0.1, -0.05) is 12.2 Å². The van der Waals surface area contributed by atoms with E-state index >= 15 is 0 Å². The summed E-state index contributed by atoms with van der Waals surface area (Å²) in [6.45, 7) is 0. The van der Waals surface area contributed by atoms with Gasteiger partial charge in [-0.2, -0.15) is 0 Å². The number of benzene rings is 1. The Balaban J connectivity index is 1.72. The molecular weight excluding hydrogens is 306 g/mol. The summed E-state index contributed by atoms with van der Waals surface area (Å²) in [6.07, 6.45) is 6.59. The van der Waals surface area contributed by atoms with Gasteiger partial charge in [0, 0.05) is 16.9 Å². The van der Waals surface area contributed by atoms with E-state index < -0.39 is 11.6 Å². The number of aromatic nitrogens is 1. The number of amides is 1. The van der Waals surface area contributed by atoms with Crippen molar-refractivity contribution in [3.63, 3.8) is 0 Å². The second-order valence-corrected chi connectivity index (χ2v) is 6.00. The molecule has 1 amide bonds. The largest absolute Gasteiger partial charge is 0.302 e. The molecular formula is C16H14F2N2OS. The van der Waals surface area contributed by atoms with Gasteiger partial charge in [0.2, 0.25) is 5.91 Å². The van der Waals surface area contributed by atoms with Crippen LogP contribution < -0.4 is 5.32 Å². The maximum absolute atomic E-state index is 13.2. The number of allylic oxidation sites excluding steroid dienone is 2. The third kappa shape index (κ3) is 3.22. The molecule has 1 aliphatic carbocycles. The van der Waals surface area contributed by atoms with Crippen molar-refractivity contribution in [3.05, 3.63) is 47.4 Å². The van der Waals surface area contributed by atoms with Gasteiger partial charge in [0.25, 0.3) is 0 Å². The van der Waals surface area contributed by atoms with Crippen LogP contribution in [0.3, 0.4) is 0 Å². The van der Waals surface area contributed by atoms with Crippen molar-refractivity contribution in [1.82, 2.24) is 4.98 Å². The average molecular weight is 320 g/mol. The Morgan fingerprint density at radius 2 is 2.14 bits per heavy atom. The lowest BCUT2D eigenvalue weighted by molar-refractivity contribution is -0.120. The van der Waals surface area contributed by atoms with Gasteiger partial charge < -0.3 is 5.32 Å². The predicted molar refractivity (Wildman–Crippen MR) is 82.6 cm³/mol. The van der Waals surface area contributed by atoms with E-state index in [4.69, 9.17) is 0 Å². The fraction of sp³-hybridized carbons (Fsp3) is 0.250. The highest BCUT2D eigenvalue weighted by Gasteiger charge is 2.19. The van der Waals surface area contributed by atoms with Crippen molar-refractivity contribution in [3.8, 4) is 11.3 Å². The second-order valence-electron chi connectivity index (χ2n) is 5.14. The van der Waals surface area contributed by atoms with E-state index in [-0.39, 0.29) is 11.8 Å². The average Bonchev–Trinajstić information content (AvgIpc) is 2.99. The van der Waals surface area contributed by atoms with Gasteiger partial charge in [-0.25, -0.2) is 13.8 Å². The lowest BCUT2D eigenvalue weighted by Crippen LogP contribution is -2.23. The summed E-state index contributed by atoms with van der Waals surface area (Å²) < 4.78 is 26.2.